The van der Waals surface area contributed by atoms with E-state index in [1.165, 1.54) is 17.2 Å². The summed E-state index contributed by atoms with van der Waals surface area (Å²) in [4.78, 5) is 12.7. The van der Waals surface area contributed by atoms with Crippen molar-refractivity contribution in [3.8, 4) is 11.5 Å². The lowest BCUT2D eigenvalue weighted by Crippen LogP contribution is -2.47. The van der Waals surface area contributed by atoms with E-state index in [1.54, 1.807) is 26.0 Å². The van der Waals surface area contributed by atoms with Gasteiger partial charge in [-0.15, -0.1) is 0 Å². The Morgan fingerprint density at radius 2 is 1.73 bits per heavy atom. The number of allylic oxidation sites excluding steroid dienone is 8. The molecule has 1 saturated heterocycles. The normalized spacial score (nSPS) is 23.1. The van der Waals surface area contributed by atoms with Crippen molar-refractivity contribution in [2.75, 3.05) is 13.2 Å². The van der Waals surface area contributed by atoms with Crippen LogP contribution in [0, 0.1) is 23.7 Å². The largest absolute Gasteiger partial charge is 0.504 e. The zero-order chi connectivity index (χ0) is 36.9. The first kappa shape index (κ1) is 42.2. The van der Waals surface area contributed by atoms with Crippen LogP contribution in [0.1, 0.15) is 100 Å². The van der Waals surface area contributed by atoms with E-state index in [0.29, 0.717) is 17.8 Å². The Hall–Kier alpha value is -2.95. The number of rotatable bonds is 18. The molecular formula is C40H62O9. The van der Waals surface area contributed by atoms with E-state index in [4.69, 9.17) is 13.9 Å². The standard InChI is InChI=1S/C40H62O9/c1-10-25(2)18-26(3)12-11-13-27(4)19-29(6)20-30(7)22-31(24-41)21-28(5)14-15-34(44)40(8,9)35-23-33(43)37(38(46)48-35)49-39-36(45)32(42)16-17-47-39/h11-15,18,21,23,25,29-32,34,36,39,41-45H,10,16-17,19-20,22,24H2,1-9H3. The molecule has 49 heavy (non-hydrogen) atoms. The Kier molecular flexibility index (Phi) is 17.3. The minimum atomic E-state index is -1.40. The molecule has 9 nitrogen and oxygen atoms in total. The van der Waals surface area contributed by atoms with Crippen molar-refractivity contribution in [2.45, 2.75) is 124 Å². The van der Waals surface area contributed by atoms with Crippen molar-refractivity contribution in [2.24, 2.45) is 23.7 Å². The first-order valence-corrected chi connectivity index (χ1v) is 17.7. The molecule has 9 heteroatoms. The zero-order valence-corrected chi connectivity index (χ0v) is 31.1. The van der Waals surface area contributed by atoms with Gasteiger partial charge in [-0.1, -0.05) is 93.4 Å². The number of aliphatic hydroxyl groups is 4. The molecule has 1 aliphatic rings. The molecule has 0 aliphatic carbocycles. The molecule has 0 bridgehead atoms. The van der Waals surface area contributed by atoms with Gasteiger partial charge in [0.05, 0.1) is 24.2 Å². The van der Waals surface area contributed by atoms with Crippen LogP contribution in [-0.2, 0) is 10.2 Å². The molecule has 0 spiro atoms. The predicted molar refractivity (Wildman–Crippen MR) is 194 cm³/mol. The van der Waals surface area contributed by atoms with Crippen molar-refractivity contribution in [3.63, 3.8) is 0 Å². The minimum Gasteiger partial charge on any atom is -0.504 e. The molecule has 2 heterocycles. The fraction of sp³-hybridized carbons (Fsp3) is 0.625. The molecule has 0 saturated carbocycles. The van der Waals surface area contributed by atoms with Gasteiger partial charge in [0.2, 0.25) is 12.0 Å². The van der Waals surface area contributed by atoms with Crippen molar-refractivity contribution in [1.82, 2.24) is 0 Å². The second kappa shape index (κ2) is 20.0. The van der Waals surface area contributed by atoms with Crippen molar-refractivity contribution >= 4 is 0 Å². The Balaban J connectivity index is 1.99. The fourth-order valence-corrected chi connectivity index (χ4v) is 6.11. The van der Waals surface area contributed by atoms with Gasteiger partial charge in [0.1, 0.15) is 11.9 Å². The lowest BCUT2D eigenvalue weighted by Gasteiger charge is -2.32. The maximum Gasteiger partial charge on any atom is 0.382 e. The molecule has 1 aromatic rings. The predicted octanol–water partition coefficient (Wildman–Crippen LogP) is 6.88. The average molecular weight is 687 g/mol. The van der Waals surface area contributed by atoms with Gasteiger partial charge in [0, 0.05) is 18.6 Å². The molecule has 1 aromatic heterocycles. The highest BCUT2D eigenvalue weighted by molar-refractivity contribution is 5.38. The third kappa shape index (κ3) is 13.7. The smallest absolute Gasteiger partial charge is 0.382 e. The van der Waals surface area contributed by atoms with Gasteiger partial charge in [0.25, 0.3) is 0 Å². The summed E-state index contributed by atoms with van der Waals surface area (Å²) in [5.74, 6) is 0.402. The molecule has 2 rings (SSSR count). The van der Waals surface area contributed by atoms with Gasteiger partial charge in [-0.3, -0.25) is 0 Å². The molecule has 1 aliphatic heterocycles. The third-order valence-corrected chi connectivity index (χ3v) is 9.25. The summed E-state index contributed by atoms with van der Waals surface area (Å²) in [6.45, 7) is 18.6. The van der Waals surface area contributed by atoms with Gasteiger partial charge in [0.15, 0.2) is 5.75 Å². The number of aliphatic hydroxyl groups excluding tert-OH is 4. The Morgan fingerprint density at radius 3 is 2.37 bits per heavy atom. The number of hydrogen-bond acceptors (Lipinski definition) is 9. The third-order valence-electron chi connectivity index (χ3n) is 9.25. The first-order chi connectivity index (χ1) is 23.0. The molecular weight excluding hydrogens is 624 g/mol. The SMILES string of the molecule is CCC(C)C=C(C)C=CC=C(C)CC(C)CC(C)CC(C=C(C)C=CC(O)C(C)(C)c1cc(O)c(OC2OCCC(O)C2O)c(=O)o1)CO. The van der Waals surface area contributed by atoms with Gasteiger partial charge in [-0.05, 0) is 78.1 Å². The highest BCUT2D eigenvalue weighted by atomic mass is 16.7. The van der Waals surface area contributed by atoms with Crippen LogP contribution in [0.15, 0.2) is 74.5 Å². The summed E-state index contributed by atoms with van der Waals surface area (Å²) in [6.07, 6.45) is 13.5. The molecule has 0 radical (unpaired) electrons. The Morgan fingerprint density at radius 1 is 1.06 bits per heavy atom. The second-order valence-corrected chi connectivity index (χ2v) is 14.7. The van der Waals surface area contributed by atoms with Crippen LogP contribution in [0.25, 0.3) is 0 Å². The van der Waals surface area contributed by atoms with Crippen molar-refractivity contribution < 1.29 is 39.4 Å². The zero-order valence-electron chi connectivity index (χ0n) is 31.1. The first-order valence-electron chi connectivity index (χ1n) is 17.7. The minimum absolute atomic E-state index is 0.0198. The summed E-state index contributed by atoms with van der Waals surface area (Å²) >= 11 is 0. The summed E-state index contributed by atoms with van der Waals surface area (Å²) in [5.41, 5.74) is 1.38. The maximum atomic E-state index is 12.7. The monoisotopic (exact) mass is 686 g/mol. The molecule has 8 unspecified atom stereocenters. The van der Waals surface area contributed by atoms with Crippen LogP contribution in [0.3, 0.4) is 0 Å². The molecule has 0 aromatic carbocycles. The van der Waals surface area contributed by atoms with E-state index in [2.05, 4.69) is 65.8 Å². The quantitative estimate of drug-likeness (QED) is 0.104. The van der Waals surface area contributed by atoms with E-state index >= 15 is 0 Å². The average Bonchev–Trinajstić information content (AvgIpc) is 3.02. The van der Waals surface area contributed by atoms with E-state index in [-0.39, 0.29) is 31.3 Å². The molecule has 5 N–H and O–H groups in total. The van der Waals surface area contributed by atoms with Gasteiger partial charge < -0.3 is 39.4 Å². The van der Waals surface area contributed by atoms with E-state index in [1.807, 2.05) is 13.0 Å². The van der Waals surface area contributed by atoms with Gasteiger partial charge in [-0.2, -0.15) is 0 Å². The van der Waals surface area contributed by atoms with Crippen molar-refractivity contribution in [1.29, 1.82) is 0 Å². The highest BCUT2D eigenvalue weighted by Crippen LogP contribution is 2.34. The van der Waals surface area contributed by atoms with Gasteiger partial charge >= 0.3 is 5.63 Å². The van der Waals surface area contributed by atoms with Crippen LogP contribution in [0.2, 0.25) is 0 Å². The summed E-state index contributed by atoms with van der Waals surface area (Å²) in [5, 5.41) is 51.7. The van der Waals surface area contributed by atoms with E-state index in [0.717, 1.165) is 31.3 Å². The van der Waals surface area contributed by atoms with Crippen LogP contribution in [-0.4, -0.2) is 63.3 Å². The second-order valence-electron chi connectivity index (χ2n) is 14.7. The van der Waals surface area contributed by atoms with E-state index in [9.17, 15) is 30.3 Å². The van der Waals surface area contributed by atoms with E-state index < -0.39 is 47.1 Å². The molecule has 0 amide bonds. The van der Waals surface area contributed by atoms with Crippen LogP contribution >= 0.6 is 0 Å². The number of hydrogen-bond donors (Lipinski definition) is 5. The fourth-order valence-electron chi connectivity index (χ4n) is 6.11. The van der Waals surface area contributed by atoms with Crippen LogP contribution in [0.4, 0.5) is 0 Å². The number of ether oxygens (including phenoxy) is 2. The summed E-state index contributed by atoms with van der Waals surface area (Å²) < 4.78 is 16.1. The molecule has 8 atom stereocenters. The highest BCUT2D eigenvalue weighted by Gasteiger charge is 2.36. The van der Waals surface area contributed by atoms with Crippen LogP contribution < -0.4 is 10.4 Å². The summed E-state index contributed by atoms with van der Waals surface area (Å²) in [6, 6.07) is 1.19. The maximum absolute atomic E-state index is 12.7. The topological polar surface area (TPSA) is 150 Å². The number of aromatic hydroxyl groups is 1. The molecule has 1 fully saturated rings. The summed E-state index contributed by atoms with van der Waals surface area (Å²) in [7, 11) is 0. The lowest BCUT2D eigenvalue weighted by atomic mass is 9.83. The Labute approximate surface area is 293 Å². The Bertz CT molecular complexity index is 1380. The van der Waals surface area contributed by atoms with Gasteiger partial charge in [-0.25, -0.2) is 4.79 Å². The molecule has 276 valence electrons. The van der Waals surface area contributed by atoms with Crippen LogP contribution in [0.5, 0.6) is 11.5 Å². The van der Waals surface area contributed by atoms with Crippen molar-refractivity contribution in [3.05, 3.63) is 81.5 Å². The lowest BCUT2D eigenvalue weighted by molar-refractivity contribution is -0.208.